The van der Waals surface area contributed by atoms with Gasteiger partial charge in [0.05, 0.1) is 48.3 Å². The lowest BCUT2D eigenvalue weighted by Crippen LogP contribution is -2.17. The van der Waals surface area contributed by atoms with Crippen molar-refractivity contribution < 1.29 is 28.7 Å². The molecule has 0 fully saturated rings. The van der Waals surface area contributed by atoms with Gasteiger partial charge in [-0.2, -0.15) is 0 Å². The predicted molar refractivity (Wildman–Crippen MR) is 117 cm³/mol. The van der Waals surface area contributed by atoms with Crippen molar-refractivity contribution in [3.05, 3.63) is 51.8 Å². The zero-order valence-electron chi connectivity index (χ0n) is 18.7. The monoisotopic (exact) mass is 445 g/mol. The van der Waals surface area contributed by atoms with Crippen LogP contribution in [0.5, 0.6) is 11.5 Å². The highest BCUT2D eigenvalue weighted by Gasteiger charge is 2.25. The highest BCUT2D eigenvalue weighted by molar-refractivity contribution is 6.07. The summed E-state index contributed by atoms with van der Waals surface area (Å²) in [4.78, 5) is 39.6. The number of benzene rings is 1. The minimum atomic E-state index is -0.661. The van der Waals surface area contributed by atoms with E-state index in [4.69, 9.17) is 9.47 Å². The van der Waals surface area contributed by atoms with Gasteiger partial charge in [-0.1, -0.05) is 27.7 Å². The van der Waals surface area contributed by atoms with E-state index in [1.54, 1.807) is 0 Å². The number of pyridine rings is 1. The number of ether oxygens (including phenoxy) is 3. The highest BCUT2D eigenvalue weighted by atomic mass is 16.6. The zero-order valence-corrected chi connectivity index (χ0v) is 18.7. The summed E-state index contributed by atoms with van der Waals surface area (Å²) in [5.41, 5.74) is -0.0349. The van der Waals surface area contributed by atoms with Crippen molar-refractivity contribution in [1.82, 2.24) is 4.98 Å². The molecule has 0 bridgehead atoms. The van der Waals surface area contributed by atoms with E-state index in [1.165, 1.54) is 31.6 Å². The average Bonchev–Trinajstić information content (AvgIpc) is 2.75. The van der Waals surface area contributed by atoms with Gasteiger partial charge in [-0.05, 0) is 17.9 Å². The molecule has 10 nitrogen and oxygen atoms in total. The van der Waals surface area contributed by atoms with Crippen LogP contribution < -0.4 is 14.8 Å². The van der Waals surface area contributed by atoms with Crippen LogP contribution in [0.4, 0.5) is 11.4 Å². The van der Waals surface area contributed by atoms with Crippen molar-refractivity contribution in [2.24, 2.45) is 11.8 Å². The molecule has 172 valence electrons. The molecule has 1 amide bonds. The third-order valence-electron chi connectivity index (χ3n) is 4.06. The number of anilines is 1. The van der Waals surface area contributed by atoms with Crippen LogP contribution in [0, 0.1) is 22.0 Å². The van der Waals surface area contributed by atoms with Gasteiger partial charge in [0.2, 0.25) is 5.75 Å². The van der Waals surface area contributed by atoms with Crippen molar-refractivity contribution >= 4 is 23.3 Å². The Kier molecular flexibility index (Phi) is 8.51. The molecule has 1 aromatic carbocycles. The van der Waals surface area contributed by atoms with Crippen LogP contribution in [0.2, 0.25) is 0 Å². The van der Waals surface area contributed by atoms with E-state index >= 15 is 0 Å². The Morgan fingerprint density at radius 2 is 1.66 bits per heavy atom. The first kappa shape index (κ1) is 24.6. The molecule has 1 aromatic heterocycles. The summed E-state index contributed by atoms with van der Waals surface area (Å²) < 4.78 is 16.0. The van der Waals surface area contributed by atoms with Crippen molar-refractivity contribution in [2.75, 3.05) is 25.6 Å². The van der Waals surface area contributed by atoms with Crippen molar-refractivity contribution in [3.8, 4) is 11.5 Å². The van der Waals surface area contributed by atoms with Crippen LogP contribution in [0.3, 0.4) is 0 Å². The predicted octanol–water partition coefficient (Wildman–Crippen LogP) is 4.10. The Morgan fingerprint density at radius 3 is 2.22 bits per heavy atom. The lowest BCUT2D eigenvalue weighted by atomic mass is 10.1. The minimum absolute atomic E-state index is 0.0216. The van der Waals surface area contributed by atoms with Crippen molar-refractivity contribution in [3.63, 3.8) is 0 Å². The number of methoxy groups -OCH3 is 1. The Balaban J connectivity index is 2.44. The normalized spacial score (nSPS) is 10.7. The topological polar surface area (TPSA) is 130 Å². The van der Waals surface area contributed by atoms with E-state index in [1.807, 2.05) is 27.7 Å². The Labute approximate surface area is 186 Å². The molecular weight excluding hydrogens is 418 g/mol. The largest absolute Gasteiger partial charge is 0.492 e. The van der Waals surface area contributed by atoms with E-state index < -0.39 is 16.8 Å². The van der Waals surface area contributed by atoms with E-state index in [-0.39, 0.29) is 52.4 Å². The van der Waals surface area contributed by atoms with Gasteiger partial charge in [-0.25, -0.2) is 4.79 Å². The number of esters is 1. The van der Waals surface area contributed by atoms with Gasteiger partial charge in [0.25, 0.3) is 5.91 Å². The zero-order chi connectivity index (χ0) is 23.8. The summed E-state index contributed by atoms with van der Waals surface area (Å²) in [7, 11) is 1.23. The first-order valence-corrected chi connectivity index (χ1v) is 10.0. The summed E-state index contributed by atoms with van der Waals surface area (Å²) >= 11 is 0. The maximum absolute atomic E-state index is 13.0. The maximum Gasteiger partial charge on any atom is 0.339 e. The number of nitrogens with zero attached hydrogens (tertiary/aromatic N) is 2. The van der Waals surface area contributed by atoms with Gasteiger partial charge in [0.15, 0.2) is 0 Å². The fourth-order valence-corrected chi connectivity index (χ4v) is 2.55. The smallest absolute Gasteiger partial charge is 0.339 e. The summed E-state index contributed by atoms with van der Waals surface area (Å²) in [6, 6.07) is 3.87. The molecule has 1 N–H and O–H groups in total. The van der Waals surface area contributed by atoms with E-state index in [2.05, 4.69) is 15.0 Å². The van der Waals surface area contributed by atoms with E-state index in [0.717, 1.165) is 6.07 Å². The highest BCUT2D eigenvalue weighted by Crippen LogP contribution is 2.36. The lowest BCUT2D eigenvalue weighted by Gasteiger charge is -2.16. The van der Waals surface area contributed by atoms with E-state index in [9.17, 15) is 19.7 Å². The van der Waals surface area contributed by atoms with Gasteiger partial charge >= 0.3 is 11.7 Å². The number of nitrogens with one attached hydrogen (secondary N) is 1. The van der Waals surface area contributed by atoms with E-state index in [0.29, 0.717) is 6.61 Å². The second-order valence-corrected chi connectivity index (χ2v) is 7.89. The third kappa shape index (κ3) is 6.66. The molecule has 0 aliphatic carbocycles. The average molecular weight is 445 g/mol. The molecule has 0 aliphatic heterocycles. The SMILES string of the molecule is COC(=O)c1cncc(NC(=O)c2cc([N+](=O)[O-])c(OCC(C)C)cc2OCC(C)C)c1. The number of amides is 1. The van der Waals surface area contributed by atoms with Crippen LogP contribution in [0.15, 0.2) is 30.6 Å². The van der Waals surface area contributed by atoms with Crippen molar-refractivity contribution in [1.29, 1.82) is 0 Å². The van der Waals surface area contributed by atoms with Gasteiger partial charge in [0, 0.05) is 18.3 Å². The number of carbonyl (C=O) groups is 2. The Bertz CT molecular complexity index is 989. The van der Waals surface area contributed by atoms with Gasteiger partial charge in [0.1, 0.15) is 5.75 Å². The number of nitro benzene ring substituents is 1. The molecule has 0 saturated heterocycles. The molecule has 0 radical (unpaired) electrons. The molecule has 2 rings (SSSR count). The van der Waals surface area contributed by atoms with Gasteiger partial charge in [-0.3, -0.25) is 19.9 Å². The Morgan fingerprint density at radius 1 is 1.03 bits per heavy atom. The number of hydrogen-bond acceptors (Lipinski definition) is 8. The number of aromatic nitrogens is 1. The van der Waals surface area contributed by atoms with Crippen molar-refractivity contribution in [2.45, 2.75) is 27.7 Å². The molecule has 2 aromatic rings. The number of rotatable bonds is 10. The quantitative estimate of drug-likeness (QED) is 0.329. The summed E-state index contributed by atoms with van der Waals surface area (Å²) in [5, 5.41) is 14.2. The van der Waals surface area contributed by atoms with Crippen LogP contribution >= 0.6 is 0 Å². The number of carbonyl (C=O) groups excluding carboxylic acids is 2. The lowest BCUT2D eigenvalue weighted by molar-refractivity contribution is -0.385. The molecule has 0 unspecified atom stereocenters. The third-order valence-corrected chi connectivity index (χ3v) is 4.06. The second-order valence-electron chi connectivity index (χ2n) is 7.89. The summed E-state index contributed by atoms with van der Waals surface area (Å²) in [6.45, 7) is 8.26. The Hall–Kier alpha value is -3.69. The number of hydrogen-bond donors (Lipinski definition) is 1. The standard InChI is InChI=1S/C22H27N3O7/c1-13(2)11-31-19-8-20(32-12-14(3)4)18(25(28)29)7-17(19)21(26)24-16-6-15(9-23-10-16)22(27)30-5/h6-10,13-14H,11-12H2,1-5H3,(H,24,26). The maximum atomic E-state index is 13.0. The fourth-order valence-electron chi connectivity index (χ4n) is 2.55. The molecule has 32 heavy (non-hydrogen) atoms. The van der Waals surface area contributed by atoms with Gasteiger partial charge in [-0.15, -0.1) is 0 Å². The van der Waals surface area contributed by atoms with Gasteiger partial charge < -0.3 is 19.5 Å². The minimum Gasteiger partial charge on any atom is -0.492 e. The first-order valence-electron chi connectivity index (χ1n) is 10.0. The van der Waals surface area contributed by atoms with Crippen LogP contribution in [0.1, 0.15) is 48.4 Å². The van der Waals surface area contributed by atoms with Crippen LogP contribution in [-0.2, 0) is 4.74 Å². The molecular formula is C22H27N3O7. The van der Waals surface area contributed by atoms with Crippen LogP contribution in [-0.4, -0.2) is 42.1 Å². The summed E-state index contributed by atoms with van der Waals surface area (Å²) in [5.74, 6) is -0.803. The molecule has 0 aliphatic rings. The number of nitro groups is 1. The molecule has 0 spiro atoms. The molecule has 0 atom stereocenters. The van der Waals surface area contributed by atoms with Crippen LogP contribution in [0.25, 0.3) is 0 Å². The fraction of sp³-hybridized carbons (Fsp3) is 0.409. The summed E-state index contributed by atoms with van der Waals surface area (Å²) in [6.07, 6.45) is 2.64. The molecule has 1 heterocycles. The second kappa shape index (κ2) is 11.1. The first-order chi connectivity index (χ1) is 15.1. The molecule has 0 saturated carbocycles. The molecule has 10 heteroatoms.